The Hall–Kier alpha value is -4.20. The molecule has 0 unspecified atom stereocenters. The lowest BCUT2D eigenvalue weighted by molar-refractivity contribution is -0.141. The van der Waals surface area contributed by atoms with E-state index in [1.54, 1.807) is 0 Å². The molecule has 7 nitrogen and oxygen atoms in total. The highest BCUT2D eigenvalue weighted by atomic mass is 35.5. The molecule has 4 rings (SSSR count). The van der Waals surface area contributed by atoms with Crippen molar-refractivity contribution >= 4 is 40.0 Å². The van der Waals surface area contributed by atoms with E-state index in [0.29, 0.717) is 0 Å². The largest absolute Gasteiger partial charge is 0.437 e. The van der Waals surface area contributed by atoms with Crippen molar-refractivity contribution < 1.29 is 40.3 Å². The van der Waals surface area contributed by atoms with Crippen LogP contribution in [0.3, 0.4) is 0 Å². The minimum atomic E-state index is -5.04. The van der Waals surface area contributed by atoms with E-state index in [9.17, 15) is 40.3 Å². The number of rotatable bonds is 5. The molecule has 2 heterocycles. The number of alkyl halides is 6. The molecular weight excluding hydrogens is 559 g/mol. The van der Waals surface area contributed by atoms with Gasteiger partial charge in [-0.3, -0.25) is 14.3 Å². The number of hydrogen-bond donors (Lipinski definition) is 2. The summed E-state index contributed by atoms with van der Waals surface area (Å²) in [6, 6.07) is 6.50. The standard InChI is InChI=1S/C24H15ClF7N5O2/c1-10-19(20(24(30,31)32)36-37(10)9-11-2-4-12(5-3-11)23(27,28)29)35-22(39)14-7-18(21(33)38)34-17-8-16(26)15(25)6-13(14)17/h2-8H,9H2,1H3,(H2,33,38)(H,35,39). The van der Waals surface area contributed by atoms with Crippen LogP contribution in [0.5, 0.6) is 0 Å². The third-order valence-corrected chi connectivity index (χ3v) is 5.96. The Morgan fingerprint density at radius 3 is 2.23 bits per heavy atom. The topological polar surface area (TPSA) is 103 Å². The Kier molecular flexibility index (Phi) is 7.02. The molecule has 0 fully saturated rings. The zero-order valence-electron chi connectivity index (χ0n) is 19.5. The second-order valence-electron chi connectivity index (χ2n) is 8.32. The fourth-order valence-electron chi connectivity index (χ4n) is 3.74. The van der Waals surface area contributed by atoms with Crippen molar-refractivity contribution in [3.05, 3.63) is 87.1 Å². The fourth-order valence-corrected chi connectivity index (χ4v) is 3.90. The first kappa shape index (κ1) is 27.8. The first-order valence-corrected chi connectivity index (χ1v) is 11.2. The number of fused-ring (bicyclic) bond motifs is 1. The van der Waals surface area contributed by atoms with Crippen molar-refractivity contribution in [3.8, 4) is 0 Å². The lowest BCUT2D eigenvalue weighted by Gasteiger charge is -2.12. The second-order valence-corrected chi connectivity index (χ2v) is 8.72. The van der Waals surface area contributed by atoms with Crippen molar-refractivity contribution in [1.29, 1.82) is 0 Å². The highest BCUT2D eigenvalue weighted by Crippen LogP contribution is 2.37. The van der Waals surface area contributed by atoms with Crippen molar-refractivity contribution in [2.45, 2.75) is 25.8 Å². The molecule has 0 aliphatic carbocycles. The molecular formula is C24H15ClF7N5O2. The van der Waals surface area contributed by atoms with Crippen LogP contribution in [0.1, 0.15) is 43.4 Å². The first-order valence-electron chi connectivity index (χ1n) is 10.8. The number of nitrogens with zero attached hydrogens (tertiary/aromatic N) is 3. The maximum atomic E-state index is 14.0. The van der Waals surface area contributed by atoms with Gasteiger partial charge in [0, 0.05) is 11.5 Å². The van der Waals surface area contributed by atoms with Crippen molar-refractivity contribution in [2.24, 2.45) is 5.73 Å². The Labute approximate surface area is 219 Å². The molecule has 39 heavy (non-hydrogen) atoms. The molecule has 2 amide bonds. The molecule has 0 radical (unpaired) electrons. The van der Waals surface area contributed by atoms with Gasteiger partial charge in [-0.2, -0.15) is 31.4 Å². The Balaban J connectivity index is 1.76. The molecule has 0 aliphatic heterocycles. The normalized spacial score (nSPS) is 12.1. The van der Waals surface area contributed by atoms with Gasteiger partial charge in [0.1, 0.15) is 11.5 Å². The van der Waals surface area contributed by atoms with Crippen LogP contribution in [-0.2, 0) is 18.9 Å². The van der Waals surface area contributed by atoms with Crippen LogP contribution in [0.15, 0.2) is 42.5 Å². The average molecular weight is 574 g/mol. The predicted molar refractivity (Wildman–Crippen MR) is 126 cm³/mol. The third-order valence-electron chi connectivity index (χ3n) is 5.67. The molecule has 0 spiro atoms. The number of benzene rings is 2. The van der Waals surface area contributed by atoms with Crippen LogP contribution in [-0.4, -0.2) is 26.6 Å². The Morgan fingerprint density at radius 1 is 1.03 bits per heavy atom. The number of pyridine rings is 1. The first-order chi connectivity index (χ1) is 18.1. The summed E-state index contributed by atoms with van der Waals surface area (Å²) in [4.78, 5) is 28.8. The number of amides is 2. The van der Waals surface area contributed by atoms with Gasteiger partial charge in [-0.1, -0.05) is 23.7 Å². The van der Waals surface area contributed by atoms with Gasteiger partial charge >= 0.3 is 12.4 Å². The molecule has 4 aromatic rings. The number of nitrogens with two attached hydrogens (primary N) is 1. The van der Waals surface area contributed by atoms with Gasteiger partial charge in [0.05, 0.1) is 39.6 Å². The molecule has 0 atom stereocenters. The smallest absolute Gasteiger partial charge is 0.364 e. The van der Waals surface area contributed by atoms with Crippen LogP contribution >= 0.6 is 11.6 Å². The number of aromatic nitrogens is 3. The SMILES string of the molecule is Cc1c(NC(=O)c2cc(C(N)=O)nc3cc(F)c(Cl)cc23)c(C(F)(F)F)nn1Cc1ccc(C(F)(F)F)cc1. The molecule has 2 aromatic heterocycles. The number of nitrogens with one attached hydrogen (secondary N) is 1. The summed E-state index contributed by atoms with van der Waals surface area (Å²) in [6.07, 6.45) is -9.63. The predicted octanol–water partition coefficient (Wildman–Crippen LogP) is 5.97. The molecule has 0 saturated carbocycles. The van der Waals surface area contributed by atoms with Crippen molar-refractivity contribution in [1.82, 2.24) is 14.8 Å². The van der Waals surface area contributed by atoms with E-state index in [0.717, 1.165) is 47.1 Å². The monoisotopic (exact) mass is 573 g/mol. The lowest BCUT2D eigenvalue weighted by Crippen LogP contribution is -2.19. The van der Waals surface area contributed by atoms with E-state index in [1.165, 1.54) is 6.92 Å². The molecule has 2 aromatic carbocycles. The Bertz CT molecular complexity index is 1610. The van der Waals surface area contributed by atoms with Crippen LogP contribution < -0.4 is 11.1 Å². The number of carbonyl (C=O) groups is 2. The van der Waals surface area contributed by atoms with Gasteiger partial charge in [-0.05, 0) is 36.8 Å². The summed E-state index contributed by atoms with van der Waals surface area (Å²) >= 11 is 5.80. The number of carbonyl (C=O) groups excluding carboxylic acids is 2. The summed E-state index contributed by atoms with van der Waals surface area (Å²) in [5.41, 5.74) is 1.08. The quantitative estimate of drug-likeness (QED) is 0.287. The van der Waals surface area contributed by atoms with E-state index in [1.807, 2.05) is 0 Å². The summed E-state index contributed by atoms with van der Waals surface area (Å²) in [6.45, 7) is 0.871. The van der Waals surface area contributed by atoms with Crippen LogP contribution in [0, 0.1) is 12.7 Å². The molecule has 0 aliphatic rings. The maximum Gasteiger partial charge on any atom is 0.437 e. The third kappa shape index (κ3) is 5.65. The molecule has 204 valence electrons. The zero-order chi connectivity index (χ0) is 28.9. The molecule has 0 bridgehead atoms. The number of anilines is 1. The van der Waals surface area contributed by atoms with Crippen LogP contribution in [0.25, 0.3) is 10.9 Å². The van der Waals surface area contributed by atoms with E-state index >= 15 is 0 Å². The summed E-state index contributed by atoms with van der Waals surface area (Å²) in [7, 11) is 0. The van der Waals surface area contributed by atoms with Gasteiger partial charge < -0.3 is 11.1 Å². The summed E-state index contributed by atoms with van der Waals surface area (Å²) in [5, 5.41) is 5.16. The Morgan fingerprint density at radius 2 is 1.67 bits per heavy atom. The van der Waals surface area contributed by atoms with Crippen molar-refractivity contribution in [2.75, 3.05) is 5.32 Å². The zero-order valence-corrected chi connectivity index (χ0v) is 20.3. The fraction of sp³-hybridized carbons (Fsp3) is 0.167. The molecule has 15 heteroatoms. The van der Waals surface area contributed by atoms with E-state index < -0.39 is 57.6 Å². The molecule has 3 N–H and O–H groups in total. The number of primary amides is 1. The minimum absolute atomic E-state index is 0.0766. The summed E-state index contributed by atoms with van der Waals surface area (Å²) < 4.78 is 94.9. The van der Waals surface area contributed by atoms with Crippen molar-refractivity contribution in [3.63, 3.8) is 0 Å². The summed E-state index contributed by atoms with van der Waals surface area (Å²) in [5.74, 6) is -3.16. The number of halogens is 8. The molecule has 0 saturated heterocycles. The van der Waals surface area contributed by atoms with Gasteiger partial charge in [-0.15, -0.1) is 0 Å². The van der Waals surface area contributed by atoms with E-state index in [2.05, 4.69) is 15.4 Å². The minimum Gasteiger partial charge on any atom is -0.364 e. The lowest BCUT2D eigenvalue weighted by atomic mass is 10.1. The maximum absolute atomic E-state index is 14.0. The van der Waals surface area contributed by atoms with Crippen LogP contribution in [0.4, 0.5) is 36.4 Å². The van der Waals surface area contributed by atoms with Gasteiger partial charge in [-0.25, -0.2) is 9.37 Å². The van der Waals surface area contributed by atoms with Crippen LogP contribution in [0.2, 0.25) is 5.02 Å². The van der Waals surface area contributed by atoms with Gasteiger partial charge in [0.2, 0.25) is 0 Å². The van der Waals surface area contributed by atoms with Gasteiger partial charge in [0.25, 0.3) is 11.8 Å². The average Bonchev–Trinajstić information content (AvgIpc) is 3.14. The van der Waals surface area contributed by atoms with E-state index in [4.69, 9.17) is 17.3 Å². The highest BCUT2D eigenvalue weighted by molar-refractivity contribution is 6.31. The second kappa shape index (κ2) is 9.84. The van der Waals surface area contributed by atoms with E-state index in [-0.39, 0.29) is 34.3 Å². The number of hydrogen-bond acceptors (Lipinski definition) is 4. The highest BCUT2D eigenvalue weighted by Gasteiger charge is 2.39. The van der Waals surface area contributed by atoms with Gasteiger partial charge in [0.15, 0.2) is 5.69 Å².